The Bertz CT molecular complexity index is 271. The highest BCUT2D eigenvalue weighted by atomic mass is 79.9. The van der Waals surface area contributed by atoms with Gasteiger partial charge in [0.1, 0.15) is 5.75 Å². The molecule has 0 fully saturated rings. The van der Waals surface area contributed by atoms with Crippen molar-refractivity contribution >= 4 is 31.9 Å². The highest BCUT2D eigenvalue weighted by Gasteiger charge is 2.03. The Hall–Kier alpha value is -0.0200. The van der Waals surface area contributed by atoms with Crippen LogP contribution >= 0.6 is 31.9 Å². The summed E-state index contributed by atoms with van der Waals surface area (Å²) in [6, 6.07) is 3.96. The van der Waals surface area contributed by atoms with Crippen molar-refractivity contribution in [1.82, 2.24) is 0 Å². The minimum absolute atomic E-state index is 0.858. The van der Waals surface area contributed by atoms with Crippen LogP contribution in [0.2, 0.25) is 0 Å². The van der Waals surface area contributed by atoms with Gasteiger partial charge in [-0.25, -0.2) is 0 Å². The number of ether oxygens (including phenoxy) is 1. The van der Waals surface area contributed by atoms with Gasteiger partial charge in [0.2, 0.25) is 0 Å². The summed E-state index contributed by atoms with van der Waals surface area (Å²) in [7, 11) is 1.66. The first-order valence-corrected chi connectivity index (χ1v) is 4.73. The van der Waals surface area contributed by atoms with E-state index in [1.807, 2.05) is 19.1 Å². The zero-order chi connectivity index (χ0) is 8.43. The molecule has 0 saturated carbocycles. The summed E-state index contributed by atoms with van der Waals surface area (Å²) in [5.41, 5.74) is 1.16. The molecule has 0 atom stereocenters. The van der Waals surface area contributed by atoms with Crippen LogP contribution in [0.25, 0.3) is 0 Å². The van der Waals surface area contributed by atoms with E-state index in [0.717, 1.165) is 20.3 Å². The van der Waals surface area contributed by atoms with Crippen LogP contribution in [0, 0.1) is 6.92 Å². The van der Waals surface area contributed by atoms with Crippen LogP contribution < -0.4 is 4.74 Å². The van der Waals surface area contributed by atoms with Crippen LogP contribution in [0.5, 0.6) is 5.75 Å². The number of aryl methyl sites for hydroxylation is 1. The lowest BCUT2D eigenvalue weighted by molar-refractivity contribution is 0.411. The normalized spacial score (nSPS) is 9.82. The Morgan fingerprint density at radius 1 is 1.27 bits per heavy atom. The van der Waals surface area contributed by atoms with Crippen LogP contribution in [0.4, 0.5) is 0 Å². The second-order valence-electron chi connectivity index (χ2n) is 2.24. The molecule has 0 N–H and O–H groups in total. The molecule has 0 aliphatic heterocycles. The van der Waals surface area contributed by atoms with Crippen LogP contribution in [-0.2, 0) is 0 Å². The van der Waals surface area contributed by atoms with Crippen molar-refractivity contribution in [2.45, 2.75) is 6.92 Å². The molecular formula is C8H8Br2O. The van der Waals surface area contributed by atoms with Crippen molar-refractivity contribution in [2.75, 3.05) is 7.11 Å². The van der Waals surface area contributed by atoms with Gasteiger partial charge in [0.15, 0.2) is 0 Å². The van der Waals surface area contributed by atoms with E-state index in [1.165, 1.54) is 0 Å². The van der Waals surface area contributed by atoms with Crippen molar-refractivity contribution in [3.63, 3.8) is 0 Å². The van der Waals surface area contributed by atoms with Crippen LogP contribution in [0.15, 0.2) is 21.1 Å². The van der Waals surface area contributed by atoms with E-state index in [0.29, 0.717) is 0 Å². The van der Waals surface area contributed by atoms with Crippen LogP contribution in [-0.4, -0.2) is 7.11 Å². The minimum atomic E-state index is 0.858. The Labute approximate surface area is 83.0 Å². The highest BCUT2D eigenvalue weighted by Crippen LogP contribution is 2.31. The van der Waals surface area contributed by atoms with E-state index < -0.39 is 0 Å². The molecule has 0 unspecified atom stereocenters. The lowest BCUT2D eigenvalue weighted by Crippen LogP contribution is -1.86. The Morgan fingerprint density at radius 2 is 1.91 bits per heavy atom. The molecule has 0 aliphatic carbocycles. The van der Waals surface area contributed by atoms with E-state index in [2.05, 4.69) is 31.9 Å². The van der Waals surface area contributed by atoms with Gasteiger partial charge in [0.05, 0.1) is 11.6 Å². The standard InChI is InChI=1S/C8H8Br2O/c1-5-3-6(9)4-7(11-2)8(5)10/h3-4H,1-2H3. The molecule has 0 heterocycles. The van der Waals surface area contributed by atoms with Crippen LogP contribution in [0.1, 0.15) is 5.56 Å². The second-order valence-corrected chi connectivity index (χ2v) is 3.95. The van der Waals surface area contributed by atoms with Crippen molar-refractivity contribution in [2.24, 2.45) is 0 Å². The summed E-state index contributed by atoms with van der Waals surface area (Å²) in [6.07, 6.45) is 0. The Kier molecular flexibility index (Phi) is 2.96. The van der Waals surface area contributed by atoms with Gasteiger partial charge < -0.3 is 4.74 Å². The number of hydrogen-bond donors (Lipinski definition) is 0. The smallest absolute Gasteiger partial charge is 0.134 e. The van der Waals surface area contributed by atoms with E-state index in [4.69, 9.17) is 4.74 Å². The first-order valence-electron chi connectivity index (χ1n) is 3.15. The van der Waals surface area contributed by atoms with Gasteiger partial charge in [-0.1, -0.05) is 15.9 Å². The molecule has 0 aliphatic rings. The highest BCUT2D eigenvalue weighted by molar-refractivity contribution is 9.11. The summed E-state index contributed by atoms with van der Waals surface area (Å²) in [6.45, 7) is 2.03. The van der Waals surface area contributed by atoms with E-state index >= 15 is 0 Å². The molecule has 0 radical (unpaired) electrons. The molecule has 0 amide bonds. The monoisotopic (exact) mass is 278 g/mol. The molecule has 0 spiro atoms. The SMILES string of the molecule is COc1cc(Br)cc(C)c1Br. The van der Waals surface area contributed by atoms with Gasteiger partial charge in [-0.3, -0.25) is 0 Å². The fourth-order valence-electron chi connectivity index (χ4n) is 0.843. The number of benzene rings is 1. The van der Waals surface area contributed by atoms with Gasteiger partial charge in [0, 0.05) is 4.47 Å². The average molecular weight is 280 g/mol. The van der Waals surface area contributed by atoms with Gasteiger partial charge in [0.25, 0.3) is 0 Å². The molecular weight excluding hydrogens is 272 g/mol. The molecule has 0 bridgehead atoms. The number of hydrogen-bond acceptors (Lipinski definition) is 1. The zero-order valence-corrected chi connectivity index (χ0v) is 9.49. The quantitative estimate of drug-likeness (QED) is 0.764. The fraction of sp³-hybridized carbons (Fsp3) is 0.250. The summed E-state index contributed by atoms with van der Waals surface area (Å²) >= 11 is 6.82. The number of rotatable bonds is 1. The zero-order valence-electron chi connectivity index (χ0n) is 6.32. The molecule has 1 nitrogen and oxygen atoms in total. The maximum absolute atomic E-state index is 5.13. The third kappa shape index (κ3) is 1.97. The largest absolute Gasteiger partial charge is 0.496 e. The summed E-state index contributed by atoms with van der Waals surface area (Å²) in [4.78, 5) is 0. The predicted molar refractivity (Wildman–Crippen MR) is 53.1 cm³/mol. The molecule has 3 heteroatoms. The second kappa shape index (κ2) is 3.59. The van der Waals surface area contributed by atoms with Crippen LogP contribution in [0.3, 0.4) is 0 Å². The number of methoxy groups -OCH3 is 1. The van der Waals surface area contributed by atoms with Crippen molar-refractivity contribution in [3.05, 3.63) is 26.6 Å². The summed E-state index contributed by atoms with van der Waals surface area (Å²) in [5, 5.41) is 0. The number of halogens is 2. The van der Waals surface area contributed by atoms with E-state index in [1.54, 1.807) is 7.11 Å². The molecule has 0 aromatic heterocycles. The Morgan fingerprint density at radius 3 is 2.45 bits per heavy atom. The molecule has 0 saturated heterocycles. The third-order valence-electron chi connectivity index (χ3n) is 1.41. The summed E-state index contributed by atoms with van der Waals surface area (Å²) in [5.74, 6) is 0.858. The molecule has 1 aromatic carbocycles. The van der Waals surface area contributed by atoms with E-state index in [9.17, 15) is 0 Å². The van der Waals surface area contributed by atoms with Gasteiger partial charge in [-0.2, -0.15) is 0 Å². The average Bonchev–Trinajstić information content (AvgIpc) is 1.96. The topological polar surface area (TPSA) is 9.23 Å². The molecule has 1 aromatic rings. The molecule has 11 heavy (non-hydrogen) atoms. The maximum atomic E-state index is 5.13. The third-order valence-corrected chi connectivity index (χ3v) is 2.88. The van der Waals surface area contributed by atoms with Crippen molar-refractivity contribution in [3.8, 4) is 5.75 Å². The van der Waals surface area contributed by atoms with Gasteiger partial charge >= 0.3 is 0 Å². The maximum Gasteiger partial charge on any atom is 0.134 e. The lowest BCUT2D eigenvalue weighted by atomic mass is 10.2. The lowest BCUT2D eigenvalue weighted by Gasteiger charge is -2.05. The predicted octanol–water partition coefficient (Wildman–Crippen LogP) is 3.53. The van der Waals surface area contributed by atoms with E-state index in [-0.39, 0.29) is 0 Å². The molecule has 60 valence electrons. The first-order chi connectivity index (χ1) is 5.15. The van der Waals surface area contributed by atoms with Gasteiger partial charge in [-0.15, -0.1) is 0 Å². The summed E-state index contributed by atoms with van der Waals surface area (Å²) < 4.78 is 7.18. The van der Waals surface area contributed by atoms with Gasteiger partial charge in [-0.05, 0) is 40.5 Å². The van der Waals surface area contributed by atoms with Crippen molar-refractivity contribution in [1.29, 1.82) is 0 Å². The fourth-order valence-corrected chi connectivity index (χ4v) is 1.79. The first kappa shape index (κ1) is 9.07. The molecule has 1 rings (SSSR count). The van der Waals surface area contributed by atoms with Crippen molar-refractivity contribution < 1.29 is 4.74 Å². The Balaban J connectivity index is 3.24. The minimum Gasteiger partial charge on any atom is -0.496 e.